The molecule has 2 aliphatic carbocycles. The fourth-order valence-electron chi connectivity index (χ4n) is 3.84. The average Bonchev–Trinajstić information content (AvgIpc) is 2.82. The minimum atomic E-state index is -0.401. The molecule has 1 spiro atoms. The smallest absolute Gasteiger partial charge is 0.333 e. The van der Waals surface area contributed by atoms with Gasteiger partial charge in [0.1, 0.15) is 5.60 Å². The summed E-state index contributed by atoms with van der Waals surface area (Å²) >= 11 is 0. The van der Waals surface area contributed by atoms with E-state index < -0.39 is 5.97 Å². The Morgan fingerprint density at radius 3 is 3.12 bits per heavy atom. The quantitative estimate of drug-likeness (QED) is 0.407. The van der Waals surface area contributed by atoms with Gasteiger partial charge >= 0.3 is 5.97 Å². The van der Waals surface area contributed by atoms with Crippen LogP contribution in [-0.4, -0.2) is 35.7 Å². The zero-order chi connectivity index (χ0) is 11.9. The molecule has 0 aromatic heterocycles. The monoisotopic (exact) mass is 235 g/mol. The first-order valence-electron chi connectivity index (χ1n) is 5.90. The molecule has 2 aliphatic heterocycles. The molecule has 4 rings (SSSR count). The van der Waals surface area contributed by atoms with Gasteiger partial charge in [-0.3, -0.25) is 4.79 Å². The van der Waals surface area contributed by atoms with Crippen LogP contribution in [0.5, 0.6) is 0 Å². The standard InChI is InChI=1S/C12H13NO4/c1-4(2)11(15)16-9-8-7-5(10(14)13-8)3-6-12(7,9)17-6/h5-9H,1,3H2,2H3,(H,13,14). The Morgan fingerprint density at radius 1 is 1.65 bits per heavy atom. The van der Waals surface area contributed by atoms with Gasteiger partial charge in [-0.2, -0.15) is 0 Å². The number of carbonyl (C=O) groups excluding carboxylic acids is 2. The van der Waals surface area contributed by atoms with Gasteiger partial charge in [-0.05, 0) is 13.3 Å². The van der Waals surface area contributed by atoms with Crippen molar-refractivity contribution in [2.75, 3.05) is 0 Å². The molecule has 6 unspecified atom stereocenters. The van der Waals surface area contributed by atoms with Gasteiger partial charge in [-0.15, -0.1) is 0 Å². The Bertz CT molecular complexity index is 473. The van der Waals surface area contributed by atoms with Gasteiger partial charge in [-0.1, -0.05) is 6.58 Å². The maximum atomic E-state index is 11.7. The summed E-state index contributed by atoms with van der Waals surface area (Å²) in [5.41, 5.74) is 0.0282. The van der Waals surface area contributed by atoms with Crippen molar-refractivity contribution in [2.45, 2.75) is 37.2 Å². The van der Waals surface area contributed by atoms with Crippen LogP contribution in [0.3, 0.4) is 0 Å². The molecule has 2 saturated carbocycles. The van der Waals surface area contributed by atoms with Gasteiger partial charge in [-0.25, -0.2) is 4.79 Å². The van der Waals surface area contributed by atoms with Crippen LogP contribution in [0.15, 0.2) is 12.2 Å². The fraction of sp³-hybridized carbons (Fsp3) is 0.667. The largest absolute Gasteiger partial charge is 0.454 e. The molecule has 6 atom stereocenters. The van der Waals surface area contributed by atoms with Crippen molar-refractivity contribution in [1.29, 1.82) is 0 Å². The molecule has 0 radical (unpaired) electrons. The predicted molar refractivity (Wildman–Crippen MR) is 55.8 cm³/mol. The zero-order valence-electron chi connectivity index (χ0n) is 9.43. The van der Waals surface area contributed by atoms with Crippen LogP contribution >= 0.6 is 0 Å². The van der Waals surface area contributed by atoms with Gasteiger partial charge in [0.25, 0.3) is 0 Å². The van der Waals surface area contributed by atoms with E-state index in [1.807, 2.05) is 0 Å². The lowest BCUT2D eigenvalue weighted by Gasteiger charge is -2.44. The molecule has 2 saturated heterocycles. The van der Waals surface area contributed by atoms with Crippen molar-refractivity contribution in [2.24, 2.45) is 11.8 Å². The Morgan fingerprint density at radius 2 is 2.41 bits per heavy atom. The molecule has 90 valence electrons. The number of hydrogen-bond acceptors (Lipinski definition) is 4. The molecule has 1 N–H and O–H groups in total. The van der Waals surface area contributed by atoms with Gasteiger partial charge in [0.05, 0.1) is 12.1 Å². The number of ether oxygens (including phenoxy) is 2. The van der Waals surface area contributed by atoms with Crippen LogP contribution in [0.25, 0.3) is 0 Å². The summed E-state index contributed by atoms with van der Waals surface area (Å²) in [6, 6.07) is -0.0525. The van der Waals surface area contributed by atoms with Gasteiger partial charge in [0.15, 0.2) is 6.10 Å². The van der Waals surface area contributed by atoms with Crippen LogP contribution in [0, 0.1) is 11.8 Å². The van der Waals surface area contributed by atoms with E-state index >= 15 is 0 Å². The topological polar surface area (TPSA) is 67.9 Å². The summed E-state index contributed by atoms with van der Waals surface area (Å²) in [4.78, 5) is 23.3. The number of epoxide rings is 1. The molecular weight excluding hydrogens is 222 g/mol. The second kappa shape index (κ2) is 2.56. The van der Waals surface area contributed by atoms with Crippen LogP contribution in [-0.2, 0) is 19.1 Å². The molecule has 5 heteroatoms. The number of carbonyl (C=O) groups is 2. The molecule has 0 aromatic rings. The van der Waals surface area contributed by atoms with E-state index in [-0.39, 0.29) is 41.6 Å². The summed E-state index contributed by atoms with van der Waals surface area (Å²) in [5, 5.41) is 2.91. The average molecular weight is 235 g/mol. The predicted octanol–water partition coefficient (Wildman–Crippen LogP) is -0.240. The highest BCUT2D eigenvalue weighted by atomic mass is 16.7. The van der Waals surface area contributed by atoms with Crippen molar-refractivity contribution < 1.29 is 19.1 Å². The highest BCUT2D eigenvalue weighted by Crippen LogP contribution is 2.69. The van der Waals surface area contributed by atoms with Crippen molar-refractivity contribution in [1.82, 2.24) is 5.32 Å². The van der Waals surface area contributed by atoms with Crippen LogP contribution in [0.1, 0.15) is 13.3 Å². The van der Waals surface area contributed by atoms with Gasteiger partial charge < -0.3 is 14.8 Å². The molecule has 5 nitrogen and oxygen atoms in total. The normalized spacial score (nSPS) is 52.1. The van der Waals surface area contributed by atoms with Crippen LogP contribution in [0.2, 0.25) is 0 Å². The summed E-state index contributed by atoms with van der Waals surface area (Å²) in [7, 11) is 0. The lowest BCUT2D eigenvalue weighted by Crippen LogP contribution is -2.66. The zero-order valence-corrected chi connectivity index (χ0v) is 9.43. The van der Waals surface area contributed by atoms with E-state index in [0.29, 0.717) is 5.57 Å². The van der Waals surface area contributed by atoms with Crippen molar-refractivity contribution in [3.05, 3.63) is 12.2 Å². The SMILES string of the molecule is C=C(C)C(=O)OC1C2NC(=O)C3CC4OC41C32. The van der Waals surface area contributed by atoms with Crippen molar-refractivity contribution in [3.8, 4) is 0 Å². The van der Waals surface area contributed by atoms with E-state index in [9.17, 15) is 9.59 Å². The minimum absolute atomic E-state index is 0.0525. The van der Waals surface area contributed by atoms with Crippen molar-refractivity contribution >= 4 is 11.9 Å². The van der Waals surface area contributed by atoms with Crippen LogP contribution < -0.4 is 5.32 Å². The molecule has 0 bridgehead atoms. The molecule has 4 fully saturated rings. The Hall–Kier alpha value is -1.36. The molecule has 17 heavy (non-hydrogen) atoms. The summed E-state index contributed by atoms with van der Waals surface area (Å²) < 4.78 is 11.1. The second-order valence-corrected chi connectivity index (χ2v) is 5.47. The van der Waals surface area contributed by atoms with Crippen molar-refractivity contribution in [3.63, 3.8) is 0 Å². The highest BCUT2D eigenvalue weighted by molar-refractivity contribution is 5.88. The Labute approximate surface area is 98.1 Å². The first-order chi connectivity index (χ1) is 8.05. The van der Waals surface area contributed by atoms with Gasteiger partial charge in [0.2, 0.25) is 5.91 Å². The lowest BCUT2D eigenvalue weighted by molar-refractivity contribution is -0.166. The number of amides is 1. The number of nitrogens with one attached hydrogen (secondary N) is 1. The third-order valence-corrected chi connectivity index (χ3v) is 4.60. The van der Waals surface area contributed by atoms with E-state index in [0.717, 1.165) is 6.42 Å². The molecular formula is C12H13NO4. The number of esters is 1. The van der Waals surface area contributed by atoms with E-state index in [1.54, 1.807) is 6.92 Å². The number of hydrogen-bond donors (Lipinski definition) is 1. The highest BCUT2D eigenvalue weighted by Gasteiger charge is 2.87. The first kappa shape index (κ1) is 9.65. The third-order valence-electron chi connectivity index (χ3n) is 4.60. The summed E-state index contributed by atoms with van der Waals surface area (Å²) in [6.07, 6.45) is 0.564. The second-order valence-electron chi connectivity index (χ2n) is 5.47. The van der Waals surface area contributed by atoms with E-state index in [1.165, 1.54) is 0 Å². The minimum Gasteiger partial charge on any atom is -0.454 e. The summed E-state index contributed by atoms with van der Waals surface area (Å²) in [6.45, 7) is 5.18. The maximum absolute atomic E-state index is 11.7. The summed E-state index contributed by atoms with van der Waals surface area (Å²) in [5.74, 6) is -0.0350. The van der Waals surface area contributed by atoms with E-state index in [2.05, 4.69) is 11.9 Å². The Balaban J connectivity index is 1.61. The molecule has 0 aromatic carbocycles. The maximum Gasteiger partial charge on any atom is 0.333 e. The fourth-order valence-corrected chi connectivity index (χ4v) is 3.84. The van der Waals surface area contributed by atoms with E-state index in [4.69, 9.17) is 9.47 Å². The Kier molecular flexibility index (Phi) is 1.45. The third kappa shape index (κ3) is 0.877. The molecule has 2 heterocycles. The lowest BCUT2D eigenvalue weighted by atomic mass is 9.66. The number of rotatable bonds is 2. The molecule has 1 amide bonds. The van der Waals surface area contributed by atoms with Gasteiger partial charge in [0, 0.05) is 17.4 Å². The molecule has 4 aliphatic rings. The first-order valence-corrected chi connectivity index (χ1v) is 5.90. The van der Waals surface area contributed by atoms with Crippen LogP contribution in [0.4, 0.5) is 0 Å².